The van der Waals surface area contributed by atoms with Gasteiger partial charge in [0, 0.05) is 37.7 Å². The van der Waals surface area contributed by atoms with E-state index in [1.165, 1.54) is 34.1 Å². The first-order chi connectivity index (χ1) is 20.0. The van der Waals surface area contributed by atoms with E-state index in [4.69, 9.17) is 4.52 Å². The Labute approximate surface area is 240 Å². The number of piperidine rings is 1. The zero-order chi connectivity index (χ0) is 30.2. The number of nitrogens with zero attached hydrogens (tertiary/aromatic N) is 4. The number of carbonyl (C=O) groups is 1. The SMILES string of the molecule is Cc1noc(C=Cc2ccc(F)cc2F)c1S(=O)(=O)N1CCC(C(=O)Nc2c(C)n(C)n(-c3ccccc3)c2=O)CC1. The Morgan fingerprint density at radius 1 is 1.07 bits per heavy atom. The number of aromatic nitrogens is 3. The highest BCUT2D eigenvalue weighted by atomic mass is 32.2. The Morgan fingerprint density at radius 2 is 1.76 bits per heavy atom. The van der Waals surface area contributed by atoms with Crippen LogP contribution in [0.2, 0.25) is 0 Å². The van der Waals surface area contributed by atoms with Crippen molar-refractivity contribution in [3.8, 4) is 5.69 Å². The molecule has 13 heteroatoms. The van der Waals surface area contributed by atoms with Crippen LogP contribution in [0.4, 0.5) is 14.5 Å². The maximum Gasteiger partial charge on any atom is 0.295 e. The molecule has 0 bridgehead atoms. The average Bonchev–Trinajstić information content (AvgIpc) is 3.45. The summed E-state index contributed by atoms with van der Waals surface area (Å²) in [6, 6.07) is 12.1. The molecule has 4 aromatic rings. The number of anilines is 1. The van der Waals surface area contributed by atoms with Crippen molar-refractivity contribution in [3.05, 3.63) is 93.2 Å². The molecule has 220 valence electrons. The molecule has 1 fully saturated rings. The fraction of sp³-hybridized carbons (Fsp3) is 0.276. The summed E-state index contributed by atoms with van der Waals surface area (Å²) < 4.78 is 64.0. The Kier molecular flexibility index (Phi) is 7.97. The Bertz CT molecular complexity index is 1840. The van der Waals surface area contributed by atoms with Gasteiger partial charge in [-0.1, -0.05) is 23.4 Å². The highest BCUT2D eigenvalue weighted by Gasteiger charge is 2.36. The minimum absolute atomic E-state index is 0.0461. The number of aryl methyl sites for hydroxylation is 1. The van der Waals surface area contributed by atoms with Gasteiger partial charge in [-0.2, -0.15) is 4.31 Å². The van der Waals surface area contributed by atoms with Gasteiger partial charge in [0.2, 0.25) is 15.9 Å². The predicted molar refractivity (Wildman–Crippen MR) is 152 cm³/mol. The molecule has 1 saturated heterocycles. The fourth-order valence-corrected chi connectivity index (χ4v) is 6.75. The van der Waals surface area contributed by atoms with Crippen molar-refractivity contribution in [2.24, 2.45) is 13.0 Å². The van der Waals surface area contributed by atoms with Gasteiger partial charge in [-0.25, -0.2) is 21.9 Å². The van der Waals surface area contributed by atoms with Crippen molar-refractivity contribution in [2.75, 3.05) is 18.4 Å². The molecule has 0 aliphatic carbocycles. The van der Waals surface area contributed by atoms with E-state index in [9.17, 15) is 26.8 Å². The first-order valence-corrected chi connectivity index (χ1v) is 14.7. The third-order valence-electron chi connectivity index (χ3n) is 7.44. The normalized spacial score (nSPS) is 15.0. The van der Waals surface area contributed by atoms with Crippen molar-refractivity contribution in [1.82, 2.24) is 18.8 Å². The number of rotatable bonds is 7. The van der Waals surface area contributed by atoms with Crippen LogP contribution in [0.1, 0.15) is 35.6 Å². The quantitative estimate of drug-likeness (QED) is 0.340. The summed E-state index contributed by atoms with van der Waals surface area (Å²) in [4.78, 5) is 26.2. The van der Waals surface area contributed by atoms with Crippen LogP contribution in [0, 0.1) is 31.4 Å². The van der Waals surface area contributed by atoms with Gasteiger partial charge in [-0.3, -0.25) is 14.3 Å². The lowest BCUT2D eigenvalue weighted by Crippen LogP contribution is -2.42. The molecule has 3 heterocycles. The number of hydrogen-bond donors (Lipinski definition) is 1. The zero-order valence-corrected chi connectivity index (χ0v) is 24.0. The second-order valence-electron chi connectivity index (χ2n) is 10.1. The molecular weight excluding hydrogens is 568 g/mol. The monoisotopic (exact) mass is 597 g/mol. The van der Waals surface area contributed by atoms with E-state index in [2.05, 4.69) is 10.5 Å². The molecule has 0 atom stereocenters. The highest BCUT2D eigenvalue weighted by molar-refractivity contribution is 7.89. The lowest BCUT2D eigenvalue weighted by Gasteiger charge is -2.30. The van der Waals surface area contributed by atoms with Gasteiger partial charge in [0.25, 0.3) is 5.56 Å². The second-order valence-corrected chi connectivity index (χ2v) is 11.9. The third-order valence-corrected chi connectivity index (χ3v) is 9.49. The lowest BCUT2D eigenvalue weighted by atomic mass is 9.97. The Hall–Kier alpha value is -4.36. The van der Waals surface area contributed by atoms with E-state index in [0.717, 1.165) is 12.1 Å². The number of carbonyl (C=O) groups excluding carboxylic acids is 1. The molecule has 1 aliphatic rings. The third kappa shape index (κ3) is 5.44. The minimum atomic E-state index is -4.07. The maximum absolute atomic E-state index is 14.0. The first-order valence-electron chi connectivity index (χ1n) is 13.2. The van der Waals surface area contributed by atoms with E-state index in [0.29, 0.717) is 11.4 Å². The number of sulfonamides is 1. The number of benzene rings is 2. The van der Waals surface area contributed by atoms with Crippen LogP contribution in [0.25, 0.3) is 17.8 Å². The van der Waals surface area contributed by atoms with Crippen molar-refractivity contribution in [2.45, 2.75) is 31.6 Å². The van der Waals surface area contributed by atoms with Gasteiger partial charge in [0.05, 0.1) is 11.4 Å². The van der Waals surface area contributed by atoms with E-state index < -0.39 is 27.6 Å². The topological polar surface area (TPSA) is 119 Å². The molecule has 5 rings (SSSR count). The standard InChI is InChI=1S/C29H29F2N5O5S/c1-18-27(25(41-33-18)12-10-20-9-11-22(30)17-24(20)31)42(39,40)35-15-13-21(14-16-35)28(37)32-26-19(2)34(3)36(29(26)38)23-7-5-4-6-8-23/h4-12,17,21H,13-16H2,1-3H3,(H,32,37). The summed E-state index contributed by atoms with van der Waals surface area (Å²) in [5, 5.41) is 6.55. The Balaban J connectivity index is 1.29. The van der Waals surface area contributed by atoms with Gasteiger partial charge in [-0.15, -0.1) is 0 Å². The number of nitrogens with one attached hydrogen (secondary N) is 1. The molecule has 1 aliphatic heterocycles. The van der Waals surface area contributed by atoms with Crippen LogP contribution in [0.5, 0.6) is 0 Å². The van der Waals surface area contributed by atoms with Gasteiger partial charge in [-0.05, 0) is 63.1 Å². The van der Waals surface area contributed by atoms with Crippen LogP contribution < -0.4 is 10.9 Å². The number of amides is 1. The van der Waals surface area contributed by atoms with Gasteiger partial charge in [0.1, 0.15) is 23.0 Å². The molecule has 2 aromatic heterocycles. The molecule has 10 nitrogen and oxygen atoms in total. The van der Waals surface area contributed by atoms with Crippen LogP contribution in [0.3, 0.4) is 0 Å². The number of para-hydroxylation sites is 1. The first kappa shape index (κ1) is 29.1. The molecule has 0 radical (unpaired) electrons. The van der Waals surface area contributed by atoms with Gasteiger partial charge >= 0.3 is 0 Å². The molecule has 0 unspecified atom stereocenters. The summed E-state index contributed by atoms with van der Waals surface area (Å²) in [7, 11) is -2.34. The van der Waals surface area contributed by atoms with Crippen LogP contribution in [-0.4, -0.2) is 46.2 Å². The van der Waals surface area contributed by atoms with Crippen LogP contribution >= 0.6 is 0 Å². The van der Waals surface area contributed by atoms with Crippen LogP contribution in [-0.2, 0) is 21.9 Å². The van der Waals surface area contributed by atoms with Crippen LogP contribution in [0.15, 0.2) is 62.7 Å². The molecule has 2 aromatic carbocycles. The molecule has 1 amide bonds. The van der Waals surface area contributed by atoms with Crippen molar-refractivity contribution >= 4 is 33.8 Å². The Morgan fingerprint density at radius 3 is 2.43 bits per heavy atom. The van der Waals surface area contributed by atoms with Gasteiger partial charge in [0.15, 0.2) is 10.7 Å². The summed E-state index contributed by atoms with van der Waals surface area (Å²) in [5.41, 5.74) is 1.23. The number of hydrogen-bond acceptors (Lipinski definition) is 6. The molecule has 0 saturated carbocycles. The second kappa shape index (κ2) is 11.5. The molecule has 42 heavy (non-hydrogen) atoms. The summed E-state index contributed by atoms with van der Waals surface area (Å²) in [6.45, 7) is 3.34. The summed E-state index contributed by atoms with van der Waals surface area (Å²) in [5.74, 6) is -2.50. The van der Waals surface area contributed by atoms with E-state index in [-0.39, 0.29) is 65.0 Å². The zero-order valence-electron chi connectivity index (χ0n) is 23.2. The highest BCUT2D eigenvalue weighted by Crippen LogP contribution is 2.30. The fourth-order valence-electron chi connectivity index (χ4n) is 5.03. The van der Waals surface area contributed by atoms with Crippen molar-refractivity contribution in [3.63, 3.8) is 0 Å². The molecule has 0 spiro atoms. The predicted octanol–water partition coefficient (Wildman–Crippen LogP) is 4.27. The summed E-state index contributed by atoms with van der Waals surface area (Å²) in [6.07, 6.45) is 3.02. The van der Waals surface area contributed by atoms with Crippen molar-refractivity contribution < 1.29 is 26.5 Å². The minimum Gasteiger partial charge on any atom is -0.355 e. The molecular formula is C29H29F2N5O5S. The average molecular weight is 598 g/mol. The summed E-state index contributed by atoms with van der Waals surface area (Å²) >= 11 is 0. The molecule has 1 N–H and O–H groups in total. The van der Waals surface area contributed by atoms with E-state index in [1.54, 1.807) is 30.8 Å². The van der Waals surface area contributed by atoms with Gasteiger partial charge < -0.3 is 9.84 Å². The van der Waals surface area contributed by atoms with E-state index >= 15 is 0 Å². The van der Waals surface area contributed by atoms with E-state index in [1.807, 2.05) is 18.2 Å². The maximum atomic E-state index is 14.0. The van der Waals surface area contributed by atoms with Crippen molar-refractivity contribution in [1.29, 1.82) is 0 Å². The largest absolute Gasteiger partial charge is 0.355 e. The number of halogens is 2. The smallest absolute Gasteiger partial charge is 0.295 e. The lowest BCUT2D eigenvalue weighted by molar-refractivity contribution is -0.120.